The van der Waals surface area contributed by atoms with Crippen LogP contribution in [-0.2, 0) is 6.54 Å². The monoisotopic (exact) mass is 254 g/mol. The lowest BCUT2D eigenvalue weighted by molar-refractivity contribution is 0.455. The van der Waals surface area contributed by atoms with Crippen molar-refractivity contribution in [3.63, 3.8) is 0 Å². The zero-order valence-corrected chi connectivity index (χ0v) is 10.6. The molecule has 0 amide bonds. The molecule has 0 fully saturated rings. The average Bonchev–Trinajstić information content (AvgIpc) is 2.83. The molecule has 0 unspecified atom stereocenters. The number of nitrogens with zero attached hydrogens (tertiary/aromatic N) is 1. The van der Waals surface area contributed by atoms with E-state index in [-0.39, 0.29) is 11.2 Å². The summed E-state index contributed by atoms with van der Waals surface area (Å²) in [6.07, 6.45) is 3.67. The van der Waals surface area contributed by atoms with Crippen molar-refractivity contribution in [1.82, 2.24) is 9.55 Å². The number of nitrogens with one attached hydrogen (secondary N) is 1. The van der Waals surface area contributed by atoms with E-state index in [0.29, 0.717) is 12.2 Å². The molecule has 0 radical (unpaired) electrons. The van der Waals surface area contributed by atoms with Crippen LogP contribution in [0.3, 0.4) is 0 Å². The molecule has 2 aromatic heterocycles. The standard InChI is InChI=1S/C15H14N2O2/c1-10-15(19)14(18)6-7-17(10)9-11-8-16-13-5-3-2-4-12(11)13/h2-8,16,19H,9H2,1H3. The second-order valence-corrected chi connectivity index (χ2v) is 4.60. The molecule has 0 aliphatic carbocycles. The van der Waals surface area contributed by atoms with Crippen LogP contribution < -0.4 is 5.43 Å². The Morgan fingerprint density at radius 1 is 1.26 bits per heavy atom. The van der Waals surface area contributed by atoms with Crippen molar-refractivity contribution in [2.45, 2.75) is 13.5 Å². The van der Waals surface area contributed by atoms with Crippen LogP contribution in [0.4, 0.5) is 0 Å². The van der Waals surface area contributed by atoms with Crippen molar-refractivity contribution in [2.24, 2.45) is 0 Å². The summed E-state index contributed by atoms with van der Waals surface area (Å²) in [6.45, 7) is 2.36. The van der Waals surface area contributed by atoms with E-state index in [0.717, 1.165) is 16.5 Å². The number of hydrogen-bond acceptors (Lipinski definition) is 2. The van der Waals surface area contributed by atoms with Gasteiger partial charge in [0.1, 0.15) is 0 Å². The lowest BCUT2D eigenvalue weighted by Gasteiger charge is -2.10. The Balaban J connectivity index is 2.06. The molecule has 0 bridgehead atoms. The smallest absolute Gasteiger partial charge is 0.223 e. The number of aromatic amines is 1. The Morgan fingerprint density at radius 2 is 2.05 bits per heavy atom. The fraction of sp³-hybridized carbons (Fsp3) is 0.133. The topological polar surface area (TPSA) is 58.0 Å². The van der Waals surface area contributed by atoms with Gasteiger partial charge in [0.2, 0.25) is 5.43 Å². The van der Waals surface area contributed by atoms with E-state index in [1.165, 1.54) is 6.07 Å². The molecule has 0 saturated heterocycles. The van der Waals surface area contributed by atoms with E-state index in [1.807, 2.05) is 29.0 Å². The van der Waals surface area contributed by atoms with Crippen LogP contribution in [0.25, 0.3) is 10.9 Å². The Hall–Kier alpha value is -2.49. The van der Waals surface area contributed by atoms with Gasteiger partial charge in [-0.1, -0.05) is 18.2 Å². The number of aromatic hydroxyl groups is 1. The van der Waals surface area contributed by atoms with E-state index in [9.17, 15) is 9.90 Å². The van der Waals surface area contributed by atoms with E-state index in [1.54, 1.807) is 13.1 Å². The fourth-order valence-electron chi connectivity index (χ4n) is 2.28. The maximum atomic E-state index is 11.3. The summed E-state index contributed by atoms with van der Waals surface area (Å²) in [5.41, 5.74) is 2.45. The molecule has 96 valence electrons. The third-order valence-corrected chi connectivity index (χ3v) is 3.43. The number of para-hydroxylation sites is 1. The minimum atomic E-state index is -0.340. The molecular weight excluding hydrogens is 240 g/mol. The maximum Gasteiger partial charge on any atom is 0.223 e. The molecule has 0 aliphatic heterocycles. The van der Waals surface area contributed by atoms with Gasteiger partial charge in [-0.2, -0.15) is 0 Å². The van der Waals surface area contributed by atoms with Crippen LogP contribution in [0, 0.1) is 6.92 Å². The maximum absolute atomic E-state index is 11.3. The average molecular weight is 254 g/mol. The number of pyridine rings is 1. The van der Waals surface area contributed by atoms with Gasteiger partial charge in [0, 0.05) is 35.9 Å². The largest absolute Gasteiger partial charge is 0.503 e. The summed E-state index contributed by atoms with van der Waals surface area (Å²) in [5, 5.41) is 10.8. The Kier molecular flexibility index (Phi) is 2.63. The van der Waals surface area contributed by atoms with Crippen molar-refractivity contribution in [3.8, 4) is 5.75 Å². The number of H-pyrrole nitrogens is 1. The molecule has 0 saturated carbocycles. The minimum Gasteiger partial charge on any atom is -0.503 e. The Morgan fingerprint density at radius 3 is 2.89 bits per heavy atom. The molecule has 0 aliphatic rings. The van der Waals surface area contributed by atoms with Crippen molar-refractivity contribution in [2.75, 3.05) is 0 Å². The first-order valence-electron chi connectivity index (χ1n) is 6.11. The number of fused-ring (bicyclic) bond motifs is 1. The van der Waals surface area contributed by atoms with Gasteiger partial charge in [-0.15, -0.1) is 0 Å². The number of benzene rings is 1. The zero-order valence-electron chi connectivity index (χ0n) is 10.6. The quantitative estimate of drug-likeness (QED) is 0.737. The molecule has 3 rings (SSSR count). The molecule has 2 heterocycles. The highest BCUT2D eigenvalue weighted by Crippen LogP contribution is 2.20. The normalized spacial score (nSPS) is 11.0. The van der Waals surface area contributed by atoms with E-state index in [2.05, 4.69) is 11.1 Å². The first kappa shape index (κ1) is 11.6. The Bertz CT molecular complexity index is 799. The molecule has 0 spiro atoms. The van der Waals surface area contributed by atoms with Gasteiger partial charge >= 0.3 is 0 Å². The highest BCUT2D eigenvalue weighted by Gasteiger charge is 2.08. The highest BCUT2D eigenvalue weighted by atomic mass is 16.3. The second kappa shape index (κ2) is 4.31. The van der Waals surface area contributed by atoms with Gasteiger partial charge in [-0.25, -0.2) is 0 Å². The molecular formula is C15H14N2O2. The summed E-state index contributed by atoms with van der Waals surface area (Å²) in [6, 6.07) is 9.44. The van der Waals surface area contributed by atoms with Gasteiger partial charge in [0.25, 0.3) is 0 Å². The van der Waals surface area contributed by atoms with Gasteiger partial charge in [0.15, 0.2) is 5.75 Å². The molecule has 3 aromatic rings. The summed E-state index contributed by atoms with van der Waals surface area (Å²) in [5.74, 6) is -0.178. The van der Waals surface area contributed by atoms with Crippen LogP contribution in [0.2, 0.25) is 0 Å². The zero-order chi connectivity index (χ0) is 13.4. The first-order chi connectivity index (χ1) is 9.16. The fourth-order valence-corrected chi connectivity index (χ4v) is 2.28. The van der Waals surface area contributed by atoms with E-state index < -0.39 is 0 Å². The van der Waals surface area contributed by atoms with Crippen LogP contribution >= 0.6 is 0 Å². The first-order valence-corrected chi connectivity index (χ1v) is 6.11. The van der Waals surface area contributed by atoms with Crippen LogP contribution in [0.15, 0.2) is 47.5 Å². The summed E-state index contributed by atoms with van der Waals surface area (Å²) >= 11 is 0. The highest BCUT2D eigenvalue weighted by molar-refractivity contribution is 5.83. The molecule has 1 aromatic carbocycles. The summed E-state index contributed by atoms with van der Waals surface area (Å²) in [7, 11) is 0. The van der Waals surface area contributed by atoms with Gasteiger partial charge in [-0.3, -0.25) is 4.79 Å². The molecule has 2 N–H and O–H groups in total. The number of aromatic nitrogens is 2. The predicted octanol–water partition coefficient (Wildman–Crippen LogP) is 2.39. The third kappa shape index (κ3) is 1.91. The van der Waals surface area contributed by atoms with Crippen LogP contribution in [0.5, 0.6) is 5.75 Å². The molecule has 0 atom stereocenters. The van der Waals surface area contributed by atoms with Crippen molar-refractivity contribution in [3.05, 3.63) is 64.2 Å². The second-order valence-electron chi connectivity index (χ2n) is 4.60. The van der Waals surface area contributed by atoms with Crippen LogP contribution in [-0.4, -0.2) is 14.7 Å². The molecule has 4 heteroatoms. The SMILES string of the molecule is Cc1c(O)c(=O)ccn1Cc1c[nH]c2ccccc12. The van der Waals surface area contributed by atoms with Gasteiger partial charge in [-0.05, 0) is 18.6 Å². The van der Waals surface area contributed by atoms with Gasteiger partial charge < -0.3 is 14.7 Å². The lowest BCUT2D eigenvalue weighted by Crippen LogP contribution is -2.10. The van der Waals surface area contributed by atoms with Crippen LogP contribution in [0.1, 0.15) is 11.3 Å². The number of hydrogen-bond donors (Lipinski definition) is 2. The Labute approximate surface area is 109 Å². The van der Waals surface area contributed by atoms with E-state index in [4.69, 9.17) is 0 Å². The summed E-state index contributed by atoms with van der Waals surface area (Å²) in [4.78, 5) is 14.6. The minimum absolute atomic E-state index is 0.178. The van der Waals surface area contributed by atoms with Gasteiger partial charge in [0.05, 0.1) is 5.69 Å². The van der Waals surface area contributed by atoms with Crippen molar-refractivity contribution < 1.29 is 5.11 Å². The number of rotatable bonds is 2. The summed E-state index contributed by atoms with van der Waals surface area (Å²) < 4.78 is 1.87. The van der Waals surface area contributed by atoms with Crippen molar-refractivity contribution >= 4 is 10.9 Å². The lowest BCUT2D eigenvalue weighted by atomic mass is 10.1. The predicted molar refractivity (Wildman–Crippen MR) is 74.5 cm³/mol. The van der Waals surface area contributed by atoms with E-state index >= 15 is 0 Å². The molecule has 19 heavy (non-hydrogen) atoms. The van der Waals surface area contributed by atoms with Crippen molar-refractivity contribution in [1.29, 1.82) is 0 Å². The third-order valence-electron chi connectivity index (χ3n) is 3.43. The molecule has 4 nitrogen and oxygen atoms in total.